The molecule has 8 heteroatoms. The molecule has 0 saturated carbocycles. The predicted molar refractivity (Wildman–Crippen MR) is 132 cm³/mol. The van der Waals surface area contributed by atoms with Crippen LogP contribution in [0, 0.1) is 0 Å². The van der Waals surface area contributed by atoms with Crippen molar-refractivity contribution in [1.29, 1.82) is 0 Å². The number of hydrogen-bond acceptors (Lipinski definition) is 6. The molecule has 1 N–H and O–H groups in total. The van der Waals surface area contributed by atoms with Crippen molar-refractivity contribution in [3.63, 3.8) is 0 Å². The van der Waals surface area contributed by atoms with Crippen LogP contribution in [0.25, 0.3) is 22.5 Å². The van der Waals surface area contributed by atoms with Gasteiger partial charge in [-0.05, 0) is 41.2 Å². The Morgan fingerprint density at radius 3 is 2.42 bits per heavy atom. The molecule has 33 heavy (non-hydrogen) atoms. The summed E-state index contributed by atoms with van der Waals surface area (Å²) in [4.78, 5) is 12.1. The summed E-state index contributed by atoms with van der Waals surface area (Å²) in [5.41, 5.74) is 7.02. The van der Waals surface area contributed by atoms with Gasteiger partial charge in [-0.25, -0.2) is 9.97 Å². The van der Waals surface area contributed by atoms with E-state index in [2.05, 4.69) is 69.7 Å². The van der Waals surface area contributed by atoms with Crippen LogP contribution >= 0.6 is 12.4 Å². The first-order valence-corrected chi connectivity index (χ1v) is 11.3. The van der Waals surface area contributed by atoms with Crippen LogP contribution in [0.3, 0.4) is 0 Å². The number of H-pyrrole nitrogens is 1. The zero-order valence-electron chi connectivity index (χ0n) is 19.0. The molecule has 1 aliphatic rings. The number of halogens is 1. The molecular formula is C25H28ClN7. The second-order valence-electron chi connectivity index (χ2n) is 8.10. The van der Waals surface area contributed by atoms with Crippen LogP contribution in [0.2, 0.25) is 0 Å². The number of anilines is 1. The summed E-state index contributed by atoms with van der Waals surface area (Å²) in [5.74, 6) is 2.68. The third-order valence-electron chi connectivity index (χ3n) is 6.07. The molecule has 0 saturated heterocycles. The standard InChI is InChI=1S/C25H27N7.ClH/c1-3-22-21-10-7-15-32(25(21)27-23(4-2)26-22)16-17-11-13-18(14-12-17)19-8-5-6-9-20(19)24-28-30-31-29-24;/h5-6,8-9,11-14H,3-4,7,10,15-16H2,1-2H3,(H,28,29,30,31);1H. The first-order chi connectivity index (χ1) is 15.8. The quantitative estimate of drug-likeness (QED) is 0.443. The molecule has 0 bridgehead atoms. The number of tetrazole rings is 1. The summed E-state index contributed by atoms with van der Waals surface area (Å²) in [7, 11) is 0. The SMILES string of the molecule is CCc1nc(CC)c2c(n1)N(Cc1ccc(-c3ccccc3-c3nn[nH]n3)cc1)CCC2.Cl. The van der Waals surface area contributed by atoms with Crippen LogP contribution in [-0.4, -0.2) is 37.1 Å². The van der Waals surface area contributed by atoms with E-state index in [0.29, 0.717) is 5.82 Å². The Morgan fingerprint density at radius 1 is 0.939 bits per heavy atom. The molecule has 0 spiro atoms. The van der Waals surface area contributed by atoms with Crippen molar-refractivity contribution in [1.82, 2.24) is 30.6 Å². The summed E-state index contributed by atoms with van der Waals surface area (Å²) >= 11 is 0. The van der Waals surface area contributed by atoms with Gasteiger partial charge in [-0.3, -0.25) is 0 Å². The van der Waals surface area contributed by atoms with Crippen molar-refractivity contribution in [2.45, 2.75) is 46.1 Å². The fraction of sp³-hybridized carbons (Fsp3) is 0.320. The maximum atomic E-state index is 4.92. The second-order valence-corrected chi connectivity index (χ2v) is 8.10. The van der Waals surface area contributed by atoms with Crippen molar-refractivity contribution in [2.75, 3.05) is 11.4 Å². The Bertz CT molecular complexity index is 1210. The summed E-state index contributed by atoms with van der Waals surface area (Å²) in [6.45, 7) is 6.19. The molecule has 2 aromatic carbocycles. The van der Waals surface area contributed by atoms with Gasteiger partial charge in [0, 0.05) is 36.3 Å². The number of aromatic amines is 1. The topological polar surface area (TPSA) is 83.5 Å². The molecule has 2 aromatic heterocycles. The number of fused-ring (bicyclic) bond motifs is 1. The molecule has 0 unspecified atom stereocenters. The summed E-state index contributed by atoms with van der Waals surface area (Å²) < 4.78 is 0. The molecule has 170 valence electrons. The van der Waals surface area contributed by atoms with Crippen LogP contribution in [0.4, 0.5) is 5.82 Å². The number of benzene rings is 2. The summed E-state index contributed by atoms with van der Waals surface area (Å²) in [6.07, 6.45) is 4.04. The van der Waals surface area contributed by atoms with Crippen molar-refractivity contribution >= 4 is 18.2 Å². The lowest BCUT2D eigenvalue weighted by molar-refractivity contribution is 0.658. The number of nitrogens with one attached hydrogen (secondary N) is 1. The van der Waals surface area contributed by atoms with Crippen LogP contribution in [0.1, 0.15) is 42.9 Å². The van der Waals surface area contributed by atoms with E-state index in [9.17, 15) is 0 Å². The van der Waals surface area contributed by atoms with E-state index in [1.165, 1.54) is 16.8 Å². The summed E-state index contributed by atoms with van der Waals surface area (Å²) in [6, 6.07) is 16.9. The number of aromatic nitrogens is 6. The molecule has 0 amide bonds. The molecule has 0 aliphatic carbocycles. The predicted octanol–water partition coefficient (Wildman–Crippen LogP) is 4.82. The average molecular weight is 462 g/mol. The number of aryl methyl sites for hydroxylation is 2. The highest BCUT2D eigenvalue weighted by Crippen LogP contribution is 2.32. The molecule has 3 heterocycles. The van der Waals surface area contributed by atoms with Gasteiger partial charge in [0.15, 0.2) is 0 Å². The number of nitrogens with zero attached hydrogens (tertiary/aromatic N) is 6. The van der Waals surface area contributed by atoms with Crippen LogP contribution in [0.5, 0.6) is 0 Å². The summed E-state index contributed by atoms with van der Waals surface area (Å²) in [5, 5.41) is 14.5. The lowest BCUT2D eigenvalue weighted by Gasteiger charge is -2.31. The van der Waals surface area contributed by atoms with Gasteiger partial charge >= 0.3 is 0 Å². The van der Waals surface area contributed by atoms with E-state index in [-0.39, 0.29) is 12.4 Å². The normalized spacial score (nSPS) is 12.8. The fourth-order valence-corrected chi connectivity index (χ4v) is 4.46. The van der Waals surface area contributed by atoms with E-state index in [1.807, 2.05) is 18.2 Å². The van der Waals surface area contributed by atoms with Crippen LogP contribution in [0.15, 0.2) is 48.5 Å². The van der Waals surface area contributed by atoms with Gasteiger partial charge in [0.1, 0.15) is 11.6 Å². The second kappa shape index (κ2) is 10.1. The van der Waals surface area contributed by atoms with Gasteiger partial charge < -0.3 is 4.90 Å². The zero-order valence-corrected chi connectivity index (χ0v) is 19.8. The van der Waals surface area contributed by atoms with E-state index >= 15 is 0 Å². The lowest BCUT2D eigenvalue weighted by Crippen LogP contribution is -2.31. The van der Waals surface area contributed by atoms with Crippen molar-refractivity contribution in [3.8, 4) is 22.5 Å². The molecule has 7 nitrogen and oxygen atoms in total. The molecule has 0 fully saturated rings. The highest BCUT2D eigenvalue weighted by Gasteiger charge is 2.22. The van der Waals surface area contributed by atoms with Gasteiger partial charge in [-0.15, -0.1) is 22.6 Å². The Hall–Kier alpha value is -3.32. The maximum absolute atomic E-state index is 4.92. The lowest BCUT2D eigenvalue weighted by atomic mass is 9.97. The fourth-order valence-electron chi connectivity index (χ4n) is 4.46. The zero-order chi connectivity index (χ0) is 21.9. The largest absolute Gasteiger partial charge is 0.352 e. The molecule has 0 atom stereocenters. The monoisotopic (exact) mass is 461 g/mol. The van der Waals surface area contributed by atoms with Crippen molar-refractivity contribution in [3.05, 3.63) is 71.2 Å². The Kier molecular flexibility index (Phi) is 6.99. The number of rotatable bonds is 6. The number of hydrogen-bond donors (Lipinski definition) is 1. The minimum atomic E-state index is 0. The first kappa shape index (κ1) is 22.9. The third-order valence-corrected chi connectivity index (χ3v) is 6.07. The first-order valence-electron chi connectivity index (χ1n) is 11.3. The molecule has 5 rings (SSSR count). The molecule has 1 aliphatic heterocycles. The molecule has 4 aromatic rings. The van der Waals surface area contributed by atoms with Crippen molar-refractivity contribution < 1.29 is 0 Å². The highest BCUT2D eigenvalue weighted by atomic mass is 35.5. The van der Waals surface area contributed by atoms with Gasteiger partial charge in [0.05, 0.1) is 0 Å². The van der Waals surface area contributed by atoms with Gasteiger partial charge in [-0.2, -0.15) is 5.21 Å². The van der Waals surface area contributed by atoms with Crippen LogP contribution in [-0.2, 0) is 25.8 Å². The van der Waals surface area contributed by atoms with E-state index in [0.717, 1.165) is 67.1 Å². The van der Waals surface area contributed by atoms with E-state index in [1.54, 1.807) is 0 Å². The van der Waals surface area contributed by atoms with Crippen molar-refractivity contribution in [2.24, 2.45) is 0 Å². The van der Waals surface area contributed by atoms with Crippen LogP contribution < -0.4 is 4.90 Å². The Balaban J connectivity index is 0.00000259. The molecule has 0 radical (unpaired) electrons. The smallest absolute Gasteiger partial charge is 0.205 e. The van der Waals surface area contributed by atoms with E-state index < -0.39 is 0 Å². The minimum absolute atomic E-state index is 0. The van der Waals surface area contributed by atoms with Gasteiger partial charge in [0.2, 0.25) is 5.82 Å². The minimum Gasteiger partial charge on any atom is -0.352 e. The highest BCUT2D eigenvalue weighted by molar-refractivity contribution is 5.85. The third kappa shape index (κ3) is 4.59. The Morgan fingerprint density at radius 2 is 1.73 bits per heavy atom. The van der Waals surface area contributed by atoms with E-state index in [4.69, 9.17) is 9.97 Å². The Labute approximate surface area is 200 Å². The van der Waals surface area contributed by atoms with Gasteiger partial charge in [0.25, 0.3) is 0 Å². The maximum Gasteiger partial charge on any atom is 0.205 e. The molecular weight excluding hydrogens is 434 g/mol. The average Bonchev–Trinajstić information content (AvgIpc) is 3.39. The van der Waals surface area contributed by atoms with Gasteiger partial charge in [-0.1, -0.05) is 62.4 Å².